The van der Waals surface area contributed by atoms with E-state index in [1.165, 1.54) is 4.90 Å². The fraction of sp³-hybridized carbons (Fsp3) is 0.310. The molecule has 214 valence electrons. The van der Waals surface area contributed by atoms with E-state index in [1.807, 2.05) is 44.2 Å². The van der Waals surface area contributed by atoms with Gasteiger partial charge in [-0.1, -0.05) is 73.4 Å². The van der Waals surface area contributed by atoms with Gasteiger partial charge in [0.25, 0.3) is 0 Å². The number of hydrogen-bond donors (Lipinski definition) is 1. The minimum absolute atomic E-state index is 0.0204. The van der Waals surface area contributed by atoms with Crippen molar-refractivity contribution in [3.63, 3.8) is 0 Å². The Morgan fingerprint density at radius 3 is 2.15 bits per heavy atom. The molecule has 1 atom stereocenters. The summed E-state index contributed by atoms with van der Waals surface area (Å²) in [7, 11) is -3.83. The minimum Gasteiger partial charge on any atom is -0.354 e. The van der Waals surface area contributed by atoms with Gasteiger partial charge in [-0.25, -0.2) is 8.42 Å². The Labute approximate surface area is 260 Å². The van der Waals surface area contributed by atoms with Crippen LogP contribution < -0.4 is 9.62 Å². The molecule has 0 spiro atoms. The zero-order chi connectivity index (χ0) is 29.4. The van der Waals surface area contributed by atoms with Gasteiger partial charge in [-0.2, -0.15) is 0 Å². The van der Waals surface area contributed by atoms with Gasteiger partial charge in [0.15, 0.2) is 0 Å². The molecule has 0 saturated carbocycles. The van der Waals surface area contributed by atoms with Crippen LogP contribution in [0.4, 0.5) is 5.69 Å². The number of rotatable bonds is 12. The van der Waals surface area contributed by atoms with Crippen LogP contribution in [0.25, 0.3) is 0 Å². The van der Waals surface area contributed by atoms with E-state index < -0.39 is 28.5 Å². The molecular weight excluding hydrogens is 684 g/mol. The first-order chi connectivity index (χ1) is 18.8. The van der Waals surface area contributed by atoms with Crippen molar-refractivity contribution >= 4 is 73.3 Å². The van der Waals surface area contributed by atoms with E-state index in [1.54, 1.807) is 42.5 Å². The van der Waals surface area contributed by atoms with E-state index in [0.717, 1.165) is 19.7 Å². The van der Waals surface area contributed by atoms with Crippen molar-refractivity contribution in [1.29, 1.82) is 0 Å². The Hall–Kier alpha value is -2.34. The molecule has 0 bridgehead atoms. The third-order valence-electron chi connectivity index (χ3n) is 6.09. The Morgan fingerprint density at radius 1 is 0.925 bits per heavy atom. The molecule has 3 aromatic carbocycles. The number of nitrogens with zero attached hydrogens (tertiary/aromatic N) is 2. The first-order valence-corrected chi connectivity index (χ1v) is 16.3. The molecule has 7 nitrogen and oxygen atoms in total. The Kier molecular flexibility index (Phi) is 11.7. The monoisotopic (exact) mass is 715 g/mol. The first kappa shape index (κ1) is 32.2. The molecule has 2 amide bonds. The van der Waals surface area contributed by atoms with Crippen LogP contribution in [0, 0.1) is 9.49 Å². The molecule has 0 aromatic heterocycles. The number of carbonyl (C=O) groups excluding carboxylic acids is 2. The zero-order valence-electron chi connectivity index (χ0n) is 22.5. The lowest BCUT2D eigenvalue weighted by atomic mass is 10.0. The number of nitrogens with one attached hydrogen (secondary N) is 1. The van der Waals surface area contributed by atoms with Gasteiger partial charge in [-0.05, 0) is 76.0 Å². The minimum atomic E-state index is -3.83. The van der Waals surface area contributed by atoms with Gasteiger partial charge in [0.2, 0.25) is 21.8 Å². The average molecular weight is 716 g/mol. The second-order valence-corrected chi connectivity index (χ2v) is 13.8. The van der Waals surface area contributed by atoms with Gasteiger partial charge >= 0.3 is 0 Å². The maximum atomic E-state index is 14.1. The number of benzene rings is 3. The van der Waals surface area contributed by atoms with Crippen molar-refractivity contribution in [2.45, 2.75) is 32.9 Å². The second kappa shape index (κ2) is 14.5. The van der Waals surface area contributed by atoms with E-state index >= 15 is 0 Å². The molecule has 0 heterocycles. The fourth-order valence-corrected chi connectivity index (χ4v) is 5.56. The molecule has 0 unspecified atom stereocenters. The average Bonchev–Trinajstić information content (AvgIpc) is 2.90. The maximum absolute atomic E-state index is 14.1. The highest BCUT2D eigenvalue weighted by Crippen LogP contribution is 2.25. The normalized spacial score (nSPS) is 12.2. The van der Waals surface area contributed by atoms with Gasteiger partial charge in [0.1, 0.15) is 12.6 Å². The predicted octanol–water partition coefficient (Wildman–Crippen LogP) is 5.78. The van der Waals surface area contributed by atoms with Gasteiger partial charge in [-0.15, -0.1) is 0 Å². The third kappa shape index (κ3) is 9.36. The van der Waals surface area contributed by atoms with Crippen LogP contribution in [0.3, 0.4) is 0 Å². The molecule has 1 N–H and O–H groups in total. The molecule has 3 rings (SSSR count). The number of anilines is 1. The van der Waals surface area contributed by atoms with Crippen LogP contribution in [-0.2, 0) is 32.6 Å². The first-order valence-electron chi connectivity index (χ1n) is 12.6. The van der Waals surface area contributed by atoms with Gasteiger partial charge in [0, 0.05) is 23.1 Å². The number of halogens is 3. The van der Waals surface area contributed by atoms with Crippen LogP contribution in [-0.4, -0.2) is 50.5 Å². The van der Waals surface area contributed by atoms with Crippen LogP contribution >= 0.6 is 45.8 Å². The second-order valence-electron chi connectivity index (χ2n) is 9.86. The lowest BCUT2D eigenvalue weighted by Gasteiger charge is -2.33. The van der Waals surface area contributed by atoms with Gasteiger partial charge < -0.3 is 10.2 Å². The summed E-state index contributed by atoms with van der Waals surface area (Å²) < 4.78 is 27.6. The summed E-state index contributed by atoms with van der Waals surface area (Å²) in [6.45, 7) is 3.93. The van der Waals surface area contributed by atoms with E-state index in [-0.39, 0.29) is 24.8 Å². The quantitative estimate of drug-likeness (QED) is 0.241. The summed E-state index contributed by atoms with van der Waals surface area (Å²) in [5.74, 6) is -0.663. The lowest BCUT2D eigenvalue weighted by Crippen LogP contribution is -2.53. The molecule has 40 heavy (non-hydrogen) atoms. The summed E-state index contributed by atoms with van der Waals surface area (Å²) in [6.07, 6.45) is 1.29. The van der Waals surface area contributed by atoms with Crippen LogP contribution in [0.15, 0.2) is 72.8 Å². The van der Waals surface area contributed by atoms with Crippen molar-refractivity contribution in [1.82, 2.24) is 10.2 Å². The molecule has 0 saturated heterocycles. The van der Waals surface area contributed by atoms with Gasteiger partial charge in [0.05, 0.1) is 22.0 Å². The van der Waals surface area contributed by atoms with E-state index in [4.69, 9.17) is 23.2 Å². The largest absolute Gasteiger partial charge is 0.354 e. The summed E-state index contributed by atoms with van der Waals surface area (Å²) in [5.41, 5.74) is 1.86. The molecule has 3 aromatic rings. The van der Waals surface area contributed by atoms with Crippen molar-refractivity contribution in [3.8, 4) is 0 Å². The SMILES string of the molecule is CC(C)CNC(=O)[C@@H](Cc1ccccc1)N(Cc1ccc(Cl)c(Cl)c1)C(=O)CN(c1ccc(I)cc1)S(C)(=O)=O. The number of sulfonamides is 1. The molecule has 0 aliphatic rings. The lowest BCUT2D eigenvalue weighted by molar-refractivity contribution is -0.140. The Bertz CT molecular complexity index is 1420. The topological polar surface area (TPSA) is 86.8 Å². The third-order valence-corrected chi connectivity index (χ3v) is 8.69. The zero-order valence-corrected chi connectivity index (χ0v) is 27.0. The van der Waals surface area contributed by atoms with Crippen LogP contribution in [0.2, 0.25) is 10.0 Å². The highest BCUT2D eigenvalue weighted by atomic mass is 127. The fourth-order valence-electron chi connectivity index (χ4n) is 4.03. The number of carbonyl (C=O) groups is 2. The van der Waals surface area contributed by atoms with Gasteiger partial charge in [-0.3, -0.25) is 13.9 Å². The summed E-state index contributed by atoms with van der Waals surface area (Å²) in [6, 6.07) is 20.3. The molecule has 0 fully saturated rings. The Morgan fingerprint density at radius 2 is 1.57 bits per heavy atom. The highest BCUT2D eigenvalue weighted by Gasteiger charge is 2.33. The summed E-state index contributed by atoms with van der Waals surface area (Å²) in [4.78, 5) is 29.1. The van der Waals surface area contributed by atoms with E-state index in [0.29, 0.717) is 27.8 Å². The summed E-state index contributed by atoms with van der Waals surface area (Å²) in [5, 5.41) is 3.63. The van der Waals surface area contributed by atoms with E-state index in [2.05, 4.69) is 27.9 Å². The standard InChI is InChI=1S/C29H32Cl2IN3O4S/c1-20(2)17-33-29(37)27(16-21-7-5-4-6-8-21)34(18-22-9-14-25(30)26(31)15-22)28(36)19-35(40(3,38)39)24-12-10-23(32)11-13-24/h4-15,20,27H,16-19H2,1-3H3,(H,33,37)/t27-/m1/s1. The number of hydrogen-bond acceptors (Lipinski definition) is 4. The molecular formula is C29H32Cl2IN3O4S. The van der Waals surface area contributed by atoms with Crippen molar-refractivity contribution in [3.05, 3.63) is 97.5 Å². The van der Waals surface area contributed by atoms with Crippen molar-refractivity contribution < 1.29 is 18.0 Å². The molecule has 0 aliphatic carbocycles. The van der Waals surface area contributed by atoms with Crippen molar-refractivity contribution in [2.24, 2.45) is 5.92 Å². The van der Waals surface area contributed by atoms with Crippen LogP contribution in [0.5, 0.6) is 0 Å². The van der Waals surface area contributed by atoms with Crippen molar-refractivity contribution in [2.75, 3.05) is 23.7 Å². The smallest absolute Gasteiger partial charge is 0.244 e. The maximum Gasteiger partial charge on any atom is 0.244 e. The predicted molar refractivity (Wildman–Crippen MR) is 170 cm³/mol. The number of amides is 2. The van der Waals surface area contributed by atoms with E-state index in [9.17, 15) is 18.0 Å². The molecule has 0 aliphatic heterocycles. The Balaban J connectivity index is 2.06. The molecule has 0 radical (unpaired) electrons. The molecule has 11 heteroatoms. The van der Waals surface area contributed by atoms with Crippen LogP contribution in [0.1, 0.15) is 25.0 Å². The highest BCUT2D eigenvalue weighted by molar-refractivity contribution is 14.1. The summed E-state index contributed by atoms with van der Waals surface area (Å²) >= 11 is 14.5.